The van der Waals surface area contributed by atoms with E-state index in [4.69, 9.17) is 0 Å². The van der Waals surface area contributed by atoms with Crippen molar-refractivity contribution in [3.05, 3.63) is 59.0 Å². The Balaban J connectivity index is 1.87. The lowest BCUT2D eigenvalue weighted by molar-refractivity contribution is 0.589. The summed E-state index contributed by atoms with van der Waals surface area (Å²) >= 11 is 1.54. The lowest BCUT2D eigenvalue weighted by atomic mass is 10.0. The van der Waals surface area contributed by atoms with Gasteiger partial charge in [0, 0.05) is 17.8 Å². The highest BCUT2D eigenvalue weighted by Gasteiger charge is 2.24. The quantitative estimate of drug-likeness (QED) is 0.720. The smallest absolute Gasteiger partial charge is 0.123 e. The Hall–Kier alpha value is -2.65. The fourth-order valence-corrected chi connectivity index (χ4v) is 3.67. The molecule has 132 valence electrons. The maximum atomic E-state index is 13.0. The zero-order valence-corrected chi connectivity index (χ0v) is 15.6. The lowest BCUT2D eigenvalue weighted by Gasteiger charge is -2.28. The SMILES string of the molecule is C=C1c2c(C)nc(SCC)c(C#N)c2N=CN1CCc1ccc(F)cc1. The van der Waals surface area contributed by atoms with Crippen molar-refractivity contribution < 1.29 is 4.39 Å². The van der Waals surface area contributed by atoms with Gasteiger partial charge in [-0.05, 0) is 36.8 Å². The van der Waals surface area contributed by atoms with Crippen molar-refractivity contribution in [1.82, 2.24) is 9.88 Å². The van der Waals surface area contributed by atoms with E-state index in [1.807, 2.05) is 18.7 Å². The summed E-state index contributed by atoms with van der Waals surface area (Å²) in [5.74, 6) is 0.604. The van der Waals surface area contributed by atoms with Crippen LogP contribution < -0.4 is 0 Å². The summed E-state index contributed by atoms with van der Waals surface area (Å²) in [4.78, 5) is 11.1. The second-order valence-electron chi connectivity index (χ2n) is 5.91. The minimum atomic E-state index is -0.238. The molecule has 6 heteroatoms. The number of nitrogens with zero attached hydrogens (tertiary/aromatic N) is 4. The van der Waals surface area contributed by atoms with Gasteiger partial charge in [-0.1, -0.05) is 25.6 Å². The van der Waals surface area contributed by atoms with E-state index in [0.29, 0.717) is 17.8 Å². The third-order valence-electron chi connectivity index (χ3n) is 4.23. The summed E-state index contributed by atoms with van der Waals surface area (Å²) in [6, 6.07) is 8.73. The van der Waals surface area contributed by atoms with Crippen LogP contribution in [-0.4, -0.2) is 28.5 Å². The second kappa shape index (κ2) is 7.71. The maximum Gasteiger partial charge on any atom is 0.123 e. The van der Waals surface area contributed by atoms with Crippen LogP contribution in [0.4, 0.5) is 10.1 Å². The number of rotatable bonds is 5. The van der Waals surface area contributed by atoms with Crippen molar-refractivity contribution in [2.24, 2.45) is 4.99 Å². The fraction of sp³-hybridized carbons (Fsp3) is 0.250. The minimum absolute atomic E-state index is 0.238. The Morgan fingerprint density at radius 2 is 2.04 bits per heavy atom. The van der Waals surface area contributed by atoms with Gasteiger partial charge in [0.15, 0.2) is 0 Å². The average Bonchev–Trinajstić information content (AvgIpc) is 2.63. The first kappa shape index (κ1) is 18.2. The summed E-state index contributed by atoms with van der Waals surface area (Å²) < 4.78 is 13.0. The van der Waals surface area contributed by atoms with Gasteiger partial charge in [-0.3, -0.25) is 0 Å². The summed E-state index contributed by atoms with van der Waals surface area (Å²) in [6.45, 7) is 8.81. The molecule has 0 N–H and O–H groups in total. The third-order valence-corrected chi connectivity index (χ3v) is 5.09. The molecule has 2 aromatic rings. The van der Waals surface area contributed by atoms with Crippen LogP contribution in [0.1, 0.15) is 29.3 Å². The van der Waals surface area contributed by atoms with Crippen LogP contribution in [0.5, 0.6) is 0 Å². The van der Waals surface area contributed by atoms with Crippen LogP contribution in [0.2, 0.25) is 0 Å². The molecule has 3 rings (SSSR count). The molecule has 4 nitrogen and oxygen atoms in total. The van der Waals surface area contributed by atoms with Crippen molar-refractivity contribution in [2.75, 3.05) is 12.3 Å². The topological polar surface area (TPSA) is 52.3 Å². The number of nitriles is 1. The Morgan fingerprint density at radius 1 is 1.31 bits per heavy atom. The lowest BCUT2D eigenvalue weighted by Crippen LogP contribution is -2.26. The second-order valence-corrected chi connectivity index (χ2v) is 7.16. The molecule has 0 aliphatic carbocycles. The molecule has 0 fully saturated rings. The number of fused-ring (bicyclic) bond motifs is 1. The molecule has 26 heavy (non-hydrogen) atoms. The molecular weight excluding hydrogens is 347 g/mol. The van der Waals surface area contributed by atoms with E-state index in [1.54, 1.807) is 30.2 Å². The molecule has 1 aliphatic rings. The first-order chi connectivity index (χ1) is 12.5. The van der Waals surface area contributed by atoms with Gasteiger partial charge in [0.2, 0.25) is 0 Å². The number of halogens is 1. The van der Waals surface area contributed by atoms with Crippen molar-refractivity contribution >= 4 is 29.5 Å². The standard InChI is InChI=1S/C20H19FN4S/c1-4-26-20-17(11-22)19-18(13(2)24-20)14(3)25(12-23-19)10-9-15-5-7-16(21)8-6-15/h5-8,12H,3-4,9-10H2,1-2H3. The average molecular weight is 366 g/mol. The van der Waals surface area contributed by atoms with Gasteiger partial charge in [-0.25, -0.2) is 14.4 Å². The summed E-state index contributed by atoms with van der Waals surface area (Å²) in [6.07, 6.45) is 2.46. The normalized spacial score (nSPS) is 12.8. The molecule has 0 bridgehead atoms. The molecule has 2 heterocycles. The Kier molecular flexibility index (Phi) is 5.38. The number of aromatic nitrogens is 1. The van der Waals surface area contributed by atoms with Crippen molar-refractivity contribution in [3.8, 4) is 6.07 Å². The number of pyridine rings is 1. The van der Waals surface area contributed by atoms with Crippen LogP contribution in [-0.2, 0) is 6.42 Å². The molecular formula is C20H19FN4S. The van der Waals surface area contributed by atoms with Gasteiger partial charge < -0.3 is 4.90 Å². The highest BCUT2D eigenvalue weighted by molar-refractivity contribution is 7.99. The van der Waals surface area contributed by atoms with Gasteiger partial charge in [0.05, 0.1) is 17.7 Å². The van der Waals surface area contributed by atoms with Crippen LogP contribution >= 0.6 is 11.8 Å². The Labute approximate surface area is 157 Å². The van der Waals surface area contributed by atoms with Gasteiger partial charge in [0.1, 0.15) is 22.5 Å². The molecule has 0 unspecified atom stereocenters. The zero-order chi connectivity index (χ0) is 18.7. The first-order valence-electron chi connectivity index (χ1n) is 8.37. The van der Waals surface area contributed by atoms with Crippen molar-refractivity contribution in [1.29, 1.82) is 5.26 Å². The largest absolute Gasteiger partial charge is 0.332 e. The number of benzene rings is 1. The number of aliphatic imine (C=N–C) groups is 1. The monoisotopic (exact) mass is 366 g/mol. The maximum absolute atomic E-state index is 13.0. The van der Waals surface area contributed by atoms with E-state index in [9.17, 15) is 9.65 Å². The summed E-state index contributed by atoms with van der Waals surface area (Å²) in [7, 11) is 0. The van der Waals surface area contributed by atoms with E-state index in [0.717, 1.165) is 39.7 Å². The van der Waals surface area contributed by atoms with E-state index in [2.05, 4.69) is 22.6 Å². The predicted octanol–water partition coefficient (Wildman–Crippen LogP) is 4.70. The third kappa shape index (κ3) is 3.49. The number of aryl methyl sites for hydroxylation is 1. The van der Waals surface area contributed by atoms with Gasteiger partial charge >= 0.3 is 0 Å². The number of thioether (sulfide) groups is 1. The van der Waals surface area contributed by atoms with Crippen LogP contribution in [0.25, 0.3) is 5.70 Å². The van der Waals surface area contributed by atoms with Gasteiger partial charge in [-0.15, -0.1) is 11.8 Å². The van der Waals surface area contributed by atoms with Crippen LogP contribution in [0, 0.1) is 24.1 Å². The number of hydrogen-bond acceptors (Lipinski definition) is 5. The summed E-state index contributed by atoms with van der Waals surface area (Å²) in [5.41, 5.74) is 4.63. The molecule has 0 amide bonds. The molecule has 0 saturated heterocycles. The molecule has 0 spiro atoms. The molecule has 1 aliphatic heterocycles. The zero-order valence-electron chi connectivity index (χ0n) is 14.8. The molecule has 0 saturated carbocycles. The van der Waals surface area contributed by atoms with Crippen LogP contribution in [0.15, 0.2) is 40.9 Å². The van der Waals surface area contributed by atoms with Crippen molar-refractivity contribution in [2.45, 2.75) is 25.3 Å². The first-order valence-corrected chi connectivity index (χ1v) is 9.35. The highest BCUT2D eigenvalue weighted by Crippen LogP contribution is 2.39. The molecule has 1 aromatic carbocycles. The summed E-state index contributed by atoms with van der Waals surface area (Å²) in [5, 5.41) is 10.3. The highest BCUT2D eigenvalue weighted by atomic mass is 32.2. The van der Waals surface area contributed by atoms with Crippen molar-refractivity contribution in [3.63, 3.8) is 0 Å². The van der Waals surface area contributed by atoms with E-state index >= 15 is 0 Å². The van der Waals surface area contributed by atoms with E-state index in [1.165, 1.54) is 12.1 Å². The minimum Gasteiger partial charge on any atom is -0.332 e. The van der Waals surface area contributed by atoms with Gasteiger partial charge in [-0.2, -0.15) is 5.26 Å². The molecule has 0 radical (unpaired) electrons. The predicted molar refractivity (Wildman–Crippen MR) is 104 cm³/mol. The Morgan fingerprint density at radius 3 is 2.69 bits per heavy atom. The van der Waals surface area contributed by atoms with Crippen LogP contribution in [0.3, 0.4) is 0 Å². The van der Waals surface area contributed by atoms with E-state index in [-0.39, 0.29) is 5.82 Å². The Bertz CT molecular complexity index is 913. The molecule has 0 atom stereocenters. The fourth-order valence-electron chi connectivity index (χ4n) is 2.91. The van der Waals surface area contributed by atoms with E-state index < -0.39 is 0 Å². The number of hydrogen-bond donors (Lipinski definition) is 0. The van der Waals surface area contributed by atoms with Gasteiger partial charge in [0.25, 0.3) is 0 Å². The molecule has 1 aromatic heterocycles.